The molecule has 1 saturated carbocycles. The van der Waals surface area contributed by atoms with E-state index in [2.05, 4.69) is 29.1 Å². The van der Waals surface area contributed by atoms with Crippen LogP contribution >= 0.6 is 0 Å². The van der Waals surface area contributed by atoms with Crippen LogP contribution in [0.1, 0.15) is 26.7 Å². The molecule has 1 heterocycles. The second kappa shape index (κ2) is 3.83. The molecule has 0 atom stereocenters. The van der Waals surface area contributed by atoms with Crippen LogP contribution in [-0.4, -0.2) is 15.5 Å². The van der Waals surface area contributed by atoms with Gasteiger partial charge >= 0.3 is 0 Å². The summed E-state index contributed by atoms with van der Waals surface area (Å²) in [6.45, 7) is 4.39. The summed E-state index contributed by atoms with van der Waals surface area (Å²) in [6.07, 6.45) is 2.56. The molecule has 0 amide bonds. The molecule has 2 aromatic rings. The van der Waals surface area contributed by atoms with Gasteiger partial charge in [-0.2, -0.15) is 0 Å². The highest BCUT2D eigenvalue weighted by atomic mass is 15.1. The van der Waals surface area contributed by atoms with Crippen LogP contribution in [0.5, 0.6) is 0 Å². The monoisotopic (exact) mass is 242 g/mol. The van der Waals surface area contributed by atoms with Gasteiger partial charge in [-0.3, -0.25) is 0 Å². The maximum absolute atomic E-state index is 5.98. The zero-order valence-electron chi connectivity index (χ0n) is 10.8. The van der Waals surface area contributed by atoms with Crippen molar-refractivity contribution in [2.24, 2.45) is 5.92 Å². The van der Waals surface area contributed by atoms with Gasteiger partial charge in [-0.1, -0.05) is 12.1 Å². The van der Waals surface area contributed by atoms with Gasteiger partial charge in [-0.05, 0) is 44.7 Å². The minimum atomic E-state index is 0.0330. The fraction of sp³-hybridized carbons (Fsp3) is 0.429. The van der Waals surface area contributed by atoms with Crippen molar-refractivity contribution in [1.29, 1.82) is 0 Å². The van der Waals surface area contributed by atoms with Crippen molar-refractivity contribution in [3.05, 3.63) is 24.3 Å². The van der Waals surface area contributed by atoms with E-state index >= 15 is 0 Å². The van der Waals surface area contributed by atoms with Gasteiger partial charge in [0.05, 0.1) is 11.0 Å². The molecule has 4 nitrogen and oxygen atoms in total. The predicted octanol–water partition coefficient (Wildman–Crippen LogP) is 2.81. The maximum atomic E-state index is 5.98. The second-order valence-electron chi connectivity index (χ2n) is 5.57. The highest BCUT2D eigenvalue weighted by Crippen LogP contribution is 2.41. The molecule has 18 heavy (non-hydrogen) atoms. The lowest BCUT2D eigenvalue weighted by atomic mass is 9.99. The largest absolute Gasteiger partial charge is 0.381 e. The van der Waals surface area contributed by atoms with Crippen LogP contribution in [0.4, 0.5) is 11.6 Å². The number of aromatic nitrogens is 2. The average Bonchev–Trinajstić information content (AvgIpc) is 3.14. The number of nitrogens with zero attached hydrogens (tertiary/aromatic N) is 2. The Morgan fingerprint density at radius 1 is 1.17 bits per heavy atom. The quantitative estimate of drug-likeness (QED) is 0.868. The van der Waals surface area contributed by atoms with Gasteiger partial charge in [0.15, 0.2) is 11.6 Å². The van der Waals surface area contributed by atoms with Crippen LogP contribution in [0.25, 0.3) is 11.0 Å². The molecule has 94 valence electrons. The van der Waals surface area contributed by atoms with Crippen LogP contribution in [0.2, 0.25) is 0 Å². The van der Waals surface area contributed by atoms with Crippen molar-refractivity contribution in [2.75, 3.05) is 11.1 Å². The predicted molar refractivity (Wildman–Crippen MR) is 74.4 cm³/mol. The Morgan fingerprint density at radius 3 is 2.39 bits per heavy atom. The number of rotatable bonds is 3. The SMILES string of the molecule is CC(C)(Nc1nc2ccccc2nc1N)C1CC1. The second-order valence-corrected chi connectivity index (χ2v) is 5.57. The Hall–Kier alpha value is -1.84. The Balaban J connectivity index is 1.98. The molecule has 1 aliphatic rings. The number of hydrogen-bond donors (Lipinski definition) is 2. The van der Waals surface area contributed by atoms with Crippen LogP contribution in [0.15, 0.2) is 24.3 Å². The molecule has 0 spiro atoms. The van der Waals surface area contributed by atoms with Gasteiger partial charge in [0.25, 0.3) is 0 Å². The lowest BCUT2D eigenvalue weighted by molar-refractivity contribution is 0.493. The first kappa shape index (κ1) is 11.3. The fourth-order valence-corrected chi connectivity index (χ4v) is 2.32. The maximum Gasteiger partial charge on any atom is 0.169 e. The Kier molecular flexibility index (Phi) is 2.40. The molecular weight excluding hydrogens is 224 g/mol. The molecule has 0 bridgehead atoms. The first-order valence-electron chi connectivity index (χ1n) is 6.37. The molecule has 0 radical (unpaired) electrons. The molecule has 3 N–H and O–H groups in total. The van der Waals surface area contributed by atoms with E-state index in [1.807, 2.05) is 24.3 Å². The molecule has 3 rings (SSSR count). The first-order chi connectivity index (χ1) is 8.56. The van der Waals surface area contributed by atoms with Crippen LogP contribution in [0, 0.1) is 5.92 Å². The fourth-order valence-electron chi connectivity index (χ4n) is 2.32. The summed E-state index contributed by atoms with van der Waals surface area (Å²) in [5.41, 5.74) is 7.72. The van der Waals surface area contributed by atoms with Crippen molar-refractivity contribution < 1.29 is 0 Å². The van der Waals surface area contributed by atoms with Crippen LogP contribution in [0.3, 0.4) is 0 Å². The minimum Gasteiger partial charge on any atom is -0.381 e. The van der Waals surface area contributed by atoms with E-state index in [9.17, 15) is 0 Å². The van der Waals surface area contributed by atoms with Crippen molar-refractivity contribution >= 4 is 22.7 Å². The zero-order chi connectivity index (χ0) is 12.8. The summed E-state index contributed by atoms with van der Waals surface area (Å²) < 4.78 is 0. The topological polar surface area (TPSA) is 63.8 Å². The standard InChI is InChI=1S/C14H18N4/c1-14(2,9-7-8-9)18-13-12(15)16-10-5-3-4-6-11(10)17-13/h3-6,9H,7-8H2,1-2H3,(H2,15,16)(H,17,18). The highest BCUT2D eigenvalue weighted by molar-refractivity contribution is 5.79. The van der Waals surface area contributed by atoms with Crippen LogP contribution < -0.4 is 11.1 Å². The van der Waals surface area contributed by atoms with E-state index in [4.69, 9.17) is 5.73 Å². The lowest BCUT2D eigenvalue weighted by Crippen LogP contribution is -2.34. The molecule has 4 heteroatoms. The lowest BCUT2D eigenvalue weighted by Gasteiger charge is -2.27. The Morgan fingerprint density at radius 2 is 1.78 bits per heavy atom. The Labute approximate surface area is 107 Å². The van der Waals surface area contributed by atoms with E-state index in [1.165, 1.54) is 12.8 Å². The number of nitrogens with one attached hydrogen (secondary N) is 1. The number of benzene rings is 1. The summed E-state index contributed by atoms with van der Waals surface area (Å²) in [5, 5.41) is 3.44. The Bertz CT molecular complexity index is 587. The van der Waals surface area contributed by atoms with E-state index in [0.717, 1.165) is 11.0 Å². The zero-order valence-corrected chi connectivity index (χ0v) is 10.8. The summed E-state index contributed by atoms with van der Waals surface area (Å²) in [7, 11) is 0. The minimum absolute atomic E-state index is 0.0330. The van der Waals surface area contributed by atoms with E-state index in [0.29, 0.717) is 17.6 Å². The number of anilines is 2. The normalized spacial score (nSPS) is 15.9. The van der Waals surface area contributed by atoms with E-state index in [1.54, 1.807) is 0 Å². The molecule has 0 aliphatic heterocycles. The first-order valence-corrected chi connectivity index (χ1v) is 6.37. The molecule has 1 aromatic heterocycles. The number of nitrogens with two attached hydrogens (primary N) is 1. The van der Waals surface area contributed by atoms with Gasteiger partial charge in [0, 0.05) is 5.54 Å². The van der Waals surface area contributed by atoms with Gasteiger partial charge in [-0.25, -0.2) is 9.97 Å². The molecule has 1 aromatic carbocycles. The number of nitrogen functional groups attached to an aromatic ring is 1. The summed E-state index contributed by atoms with van der Waals surface area (Å²) in [6, 6.07) is 7.78. The summed E-state index contributed by atoms with van der Waals surface area (Å²) >= 11 is 0. The average molecular weight is 242 g/mol. The van der Waals surface area contributed by atoms with Crippen LogP contribution in [-0.2, 0) is 0 Å². The van der Waals surface area contributed by atoms with E-state index < -0.39 is 0 Å². The van der Waals surface area contributed by atoms with Crippen molar-refractivity contribution in [2.45, 2.75) is 32.2 Å². The van der Waals surface area contributed by atoms with Gasteiger partial charge in [0.1, 0.15) is 0 Å². The molecular formula is C14H18N4. The highest BCUT2D eigenvalue weighted by Gasteiger charge is 2.38. The summed E-state index contributed by atoms with van der Waals surface area (Å²) in [4.78, 5) is 8.96. The number of hydrogen-bond acceptors (Lipinski definition) is 4. The molecule has 1 aliphatic carbocycles. The van der Waals surface area contributed by atoms with Crippen molar-refractivity contribution in [1.82, 2.24) is 9.97 Å². The number of para-hydroxylation sites is 2. The van der Waals surface area contributed by atoms with Gasteiger partial charge in [-0.15, -0.1) is 0 Å². The molecule has 0 saturated heterocycles. The third kappa shape index (κ3) is 1.98. The summed E-state index contributed by atoms with van der Waals surface area (Å²) in [5.74, 6) is 1.89. The third-order valence-electron chi connectivity index (χ3n) is 3.64. The van der Waals surface area contributed by atoms with Crippen molar-refractivity contribution in [3.63, 3.8) is 0 Å². The molecule has 0 unspecified atom stereocenters. The van der Waals surface area contributed by atoms with Gasteiger partial charge < -0.3 is 11.1 Å². The van der Waals surface area contributed by atoms with Crippen molar-refractivity contribution in [3.8, 4) is 0 Å². The number of fused-ring (bicyclic) bond motifs is 1. The molecule has 1 fully saturated rings. The van der Waals surface area contributed by atoms with E-state index in [-0.39, 0.29) is 5.54 Å². The smallest absolute Gasteiger partial charge is 0.169 e. The van der Waals surface area contributed by atoms with Gasteiger partial charge in [0.2, 0.25) is 0 Å². The third-order valence-corrected chi connectivity index (χ3v) is 3.64.